The summed E-state index contributed by atoms with van der Waals surface area (Å²) in [6.07, 6.45) is 1.83. The normalized spacial score (nSPS) is 13.3. The number of furan rings is 1. The largest absolute Gasteiger partial charge is 0.501 e. The van der Waals surface area contributed by atoms with E-state index in [0.717, 1.165) is 43.9 Å². The van der Waals surface area contributed by atoms with E-state index >= 15 is 0 Å². The second kappa shape index (κ2) is 14.4. The van der Waals surface area contributed by atoms with E-state index in [2.05, 4.69) is 84.2 Å². The van der Waals surface area contributed by atoms with E-state index in [9.17, 15) is 0 Å². The molecule has 3 heterocycles. The van der Waals surface area contributed by atoms with Crippen LogP contribution in [0.1, 0.15) is 56.1 Å². The molecule has 5 heteroatoms. The van der Waals surface area contributed by atoms with Crippen LogP contribution >= 0.6 is 0 Å². The van der Waals surface area contributed by atoms with E-state index in [1.54, 1.807) is 19.9 Å². The summed E-state index contributed by atoms with van der Waals surface area (Å²) >= 11 is 0. The molecule has 3 nitrogen and oxygen atoms in total. The smallest absolute Gasteiger partial charge is 0.121 e. The number of nitrogens with zero attached hydrogens (tertiary/aromatic N) is 2. The third kappa shape index (κ3) is 6.96. The molecule has 5 aromatic carbocycles. The molecule has 0 bridgehead atoms. The summed E-state index contributed by atoms with van der Waals surface area (Å²) in [7, 11) is -1.50. The van der Waals surface area contributed by atoms with Crippen LogP contribution < -0.4 is 5.19 Å². The molecule has 0 N–H and O–H groups in total. The maximum atomic E-state index is 8.44. The Morgan fingerprint density at radius 2 is 1.50 bits per heavy atom. The molecular weight excluding hydrogens is 805 g/mol. The number of rotatable bonds is 5. The van der Waals surface area contributed by atoms with Crippen molar-refractivity contribution in [1.29, 1.82) is 0 Å². The molecule has 8 aromatic rings. The Morgan fingerprint density at radius 1 is 0.720 bits per heavy atom. The van der Waals surface area contributed by atoms with Gasteiger partial charge in [0.05, 0.1) is 16.4 Å². The van der Waals surface area contributed by atoms with Crippen molar-refractivity contribution in [3.63, 3.8) is 0 Å². The monoisotopic (exact) mass is 851 g/mol. The number of hydrogen-bond donors (Lipinski definition) is 0. The molecule has 0 amide bonds. The van der Waals surface area contributed by atoms with Crippen molar-refractivity contribution in [2.45, 2.75) is 59.1 Å². The van der Waals surface area contributed by atoms with E-state index in [4.69, 9.17) is 9.90 Å². The summed E-state index contributed by atoms with van der Waals surface area (Å²) in [6.45, 7) is 14.2. The molecule has 0 aliphatic heterocycles. The van der Waals surface area contributed by atoms with Gasteiger partial charge in [-0.15, -0.1) is 54.1 Å². The molecule has 0 atom stereocenters. The van der Waals surface area contributed by atoms with Crippen LogP contribution in [0.2, 0.25) is 19.6 Å². The predicted molar refractivity (Wildman–Crippen MR) is 210 cm³/mol. The van der Waals surface area contributed by atoms with E-state index in [1.165, 1.54) is 16.0 Å². The Balaban J connectivity index is 0.000000205. The van der Waals surface area contributed by atoms with Crippen LogP contribution in [0.5, 0.6) is 0 Å². The van der Waals surface area contributed by atoms with Crippen molar-refractivity contribution in [3.05, 3.63) is 139 Å². The van der Waals surface area contributed by atoms with Crippen LogP contribution in [-0.2, 0) is 20.1 Å². The minimum atomic E-state index is -1.50. The zero-order valence-electron chi connectivity index (χ0n) is 33.5. The zero-order valence-corrected chi connectivity index (χ0v) is 32.8. The van der Waals surface area contributed by atoms with Crippen molar-refractivity contribution in [2.75, 3.05) is 0 Å². The first-order valence-corrected chi connectivity index (χ1v) is 20.2. The van der Waals surface area contributed by atoms with Gasteiger partial charge < -0.3 is 14.4 Å². The minimum absolute atomic E-state index is 0. The molecule has 253 valence electrons. The third-order valence-corrected chi connectivity index (χ3v) is 11.0. The second-order valence-electron chi connectivity index (χ2n) is 14.0. The van der Waals surface area contributed by atoms with Crippen LogP contribution in [0, 0.1) is 12.1 Å². The Hall–Kier alpha value is -4.41. The second-order valence-corrected chi connectivity index (χ2v) is 19.0. The van der Waals surface area contributed by atoms with Gasteiger partial charge >= 0.3 is 0 Å². The van der Waals surface area contributed by atoms with Gasteiger partial charge in [-0.1, -0.05) is 118 Å². The van der Waals surface area contributed by atoms with Crippen LogP contribution in [0.3, 0.4) is 0 Å². The number of hydrogen-bond acceptors (Lipinski definition) is 3. The van der Waals surface area contributed by atoms with Crippen LogP contribution in [0.15, 0.2) is 120 Å². The van der Waals surface area contributed by atoms with Gasteiger partial charge in [-0.3, -0.25) is 0 Å². The van der Waals surface area contributed by atoms with Crippen molar-refractivity contribution in [1.82, 2.24) is 9.97 Å². The van der Waals surface area contributed by atoms with Crippen LogP contribution in [0.4, 0.5) is 0 Å². The molecule has 0 aliphatic carbocycles. The Labute approximate surface area is 315 Å². The van der Waals surface area contributed by atoms with Gasteiger partial charge in [-0.25, -0.2) is 0 Å². The number of aromatic nitrogens is 2. The van der Waals surface area contributed by atoms with E-state index < -0.39 is 19.9 Å². The van der Waals surface area contributed by atoms with Crippen molar-refractivity contribution in [3.8, 4) is 22.5 Å². The topological polar surface area (TPSA) is 38.9 Å². The maximum Gasteiger partial charge on any atom is 0.121 e. The Morgan fingerprint density at radius 3 is 2.24 bits per heavy atom. The third-order valence-electron chi connectivity index (χ3n) is 8.98. The molecule has 0 saturated heterocycles. The first-order chi connectivity index (χ1) is 25.0. The Bertz CT molecular complexity index is 2660. The van der Waals surface area contributed by atoms with E-state index in [-0.39, 0.29) is 32.3 Å². The van der Waals surface area contributed by atoms with Gasteiger partial charge in [0, 0.05) is 40.6 Å². The fourth-order valence-corrected chi connectivity index (χ4v) is 7.93. The Kier molecular flexibility index (Phi) is 8.78. The average molecular weight is 851 g/mol. The number of benzene rings is 5. The molecule has 8 rings (SSSR count). The summed E-state index contributed by atoms with van der Waals surface area (Å²) in [5, 5.41) is 7.86. The average Bonchev–Trinajstić information content (AvgIpc) is 3.48. The fourth-order valence-electron chi connectivity index (χ4n) is 6.35. The molecule has 0 fully saturated rings. The summed E-state index contributed by atoms with van der Waals surface area (Å²) in [5.41, 5.74) is 5.99. The molecule has 1 radical (unpaired) electrons. The van der Waals surface area contributed by atoms with Gasteiger partial charge in [0.2, 0.25) is 0 Å². The van der Waals surface area contributed by atoms with Gasteiger partial charge in [0.15, 0.2) is 0 Å². The summed E-state index contributed by atoms with van der Waals surface area (Å²) in [6, 6.07) is 38.7. The number of pyridine rings is 2. The van der Waals surface area contributed by atoms with Crippen LogP contribution in [-0.4, -0.2) is 18.0 Å². The summed E-state index contributed by atoms with van der Waals surface area (Å²) in [4.78, 5) is 8.95. The summed E-state index contributed by atoms with van der Waals surface area (Å²) in [5.74, 6) is -1.63. The minimum Gasteiger partial charge on any atom is -0.501 e. The van der Waals surface area contributed by atoms with Gasteiger partial charge in [0.1, 0.15) is 5.58 Å². The SMILES string of the molecule is [2H]C(C)(C)c1cc(-c2[c-]cccc2)ncc1[Si](C)(C)C.[2H]c1nc(-c2[c-]ccc3c2oc2cc4c(ccc5ccccc54)cc23)cc(C([2H])(C)C)c1[2H].[Ir]. The maximum absolute atomic E-state index is 8.44. The molecule has 0 spiro atoms. The standard InChI is InChI=1S/C28H20NO.C17H22NSi.Ir/c1-17(2)19-12-13-29-26(15-19)23-9-5-8-22-25-14-20-11-10-18-6-3-4-7-21(18)24(20)16-27(25)30-28(22)23;1-13(2)15-11-16(14-9-7-6-8-10-14)18-12-17(15)19(3,4)5;/h3-8,10-17H,1-2H3;6-9,11-13H,1-5H3;/q2*-1;/i12D,13D,17D;13D;. The molecular formula is C45H42IrN2OSi-2. The number of fused-ring (bicyclic) bond motifs is 6. The van der Waals surface area contributed by atoms with Gasteiger partial charge in [-0.05, 0) is 68.1 Å². The fraction of sp³-hybridized carbons (Fsp3) is 0.200. The van der Waals surface area contributed by atoms with Crippen molar-refractivity contribution < 1.29 is 30.0 Å². The van der Waals surface area contributed by atoms with Gasteiger partial charge in [0.25, 0.3) is 0 Å². The first-order valence-electron chi connectivity index (χ1n) is 18.7. The molecule has 3 aromatic heterocycles. The van der Waals surface area contributed by atoms with E-state index in [0.29, 0.717) is 22.4 Å². The predicted octanol–water partition coefficient (Wildman–Crippen LogP) is 12.1. The summed E-state index contributed by atoms with van der Waals surface area (Å²) < 4.78 is 39.6. The van der Waals surface area contributed by atoms with Gasteiger partial charge in [-0.2, -0.15) is 0 Å². The zero-order chi connectivity index (χ0) is 37.9. The quantitative estimate of drug-likeness (QED) is 0.0984. The first kappa shape index (κ1) is 30.4. The van der Waals surface area contributed by atoms with Crippen LogP contribution in [0.25, 0.3) is 66.0 Å². The molecule has 0 saturated carbocycles. The van der Waals surface area contributed by atoms with E-state index in [1.807, 2.05) is 68.6 Å². The molecule has 0 aliphatic rings. The van der Waals surface area contributed by atoms with Crippen molar-refractivity contribution in [2.24, 2.45) is 0 Å². The molecule has 0 unspecified atom stereocenters. The molecule has 50 heavy (non-hydrogen) atoms. The van der Waals surface area contributed by atoms with Crippen molar-refractivity contribution >= 4 is 56.7 Å².